The number of fused-ring (bicyclic) bond motifs is 1. The van der Waals surface area contributed by atoms with Crippen molar-refractivity contribution < 1.29 is 102 Å². The minimum absolute atomic E-state index is 0.00223. The van der Waals surface area contributed by atoms with Crippen molar-refractivity contribution in [2.24, 2.45) is 16.6 Å². The first kappa shape index (κ1) is 65.2. The molecule has 436 valence electrons. The molecule has 4 N–H and O–H groups in total. The number of benzene rings is 1. The van der Waals surface area contributed by atoms with Crippen LogP contribution in [0.5, 0.6) is 5.75 Å². The number of hydroxylamine groups is 2. The maximum Gasteiger partial charge on any atom is 0.313 e. The number of likely N-dealkylation sites (tertiary alicyclic amines) is 1. The number of aliphatic imine (C=N–C) groups is 1. The molecule has 0 bridgehead atoms. The van der Waals surface area contributed by atoms with Crippen molar-refractivity contribution in [2.75, 3.05) is 165 Å². The lowest BCUT2D eigenvalue weighted by molar-refractivity contribution is -0.180. The Morgan fingerprint density at radius 1 is 0.727 bits per heavy atom. The molecule has 2 aliphatic rings. The third-order valence-electron chi connectivity index (χ3n) is 10.7. The van der Waals surface area contributed by atoms with Gasteiger partial charge in [0.15, 0.2) is 16.5 Å². The van der Waals surface area contributed by atoms with Crippen molar-refractivity contribution >= 4 is 56.8 Å². The first-order valence-electron chi connectivity index (χ1n) is 25.1. The van der Waals surface area contributed by atoms with Crippen LogP contribution in [0.25, 0.3) is 6.08 Å². The Bertz CT molecular complexity index is 2260. The van der Waals surface area contributed by atoms with Gasteiger partial charge in [-0.3, -0.25) is 28.7 Å². The highest BCUT2D eigenvalue weighted by molar-refractivity contribution is 7.85. The number of rotatable bonds is 43. The Kier molecular flexibility index (Phi) is 31.1. The van der Waals surface area contributed by atoms with Crippen molar-refractivity contribution in [3.05, 3.63) is 44.7 Å². The summed E-state index contributed by atoms with van der Waals surface area (Å²) in [6.07, 6.45) is 2.31. The molecular weight excluding hydrogens is 1070 g/mol. The van der Waals surface area contributed by atoms with E-state index in [0.717, 1.165) is 21.9 Å². The summed E-state index contributed by atoms with van der Waals surface area (Å²) in [4.78, 5) is 49.7. The molecule has 0 radical (unpaired) electrons. The molecule has 77 heavy (non-hydrogen) atoms. The number of amidine groups is 1. The molecule has 29 heteroatoms. The molecule has 0 aliphatic carbocycles. The van der Waals surface area contributed by atoms with Gasteiger partial charge in [-0.2, -0.15) is 17.2 Å². The molecule has 1 aromatic heterocycles. The molecule has 0 atom stereocenters. The number of ether oxygens (including phenoxy) is 11. The van der Waals surface area contributed by atoms with Gasteiger partial charge in [0.1, 0.15) is 5.84 Å². The number of nitrogens with one attached hydrogen (secondary N) is 1. The summed E-state index contributed by atoms with van der Waals surface area (Å²) >= 11 is 1.57. The number of carbonyl (C=O) groups is 3. The monoisotopic (exact) mass is 1150 g/mol. The van der Waals surface area contributed by atoms with E-state index in [1.54, 1.807) is 11.3 Å². The molecule has 1 aromatic carbocycles. The molecule has 1 fully saturated rings. The van der Waals surface area contributed by atoms with Gasteiger partial charge in [0.05, 0.1) is 162 Å². The van der Waals surface area contributed by atoms with E-state index in [0.29, 0.717) is 150 Å². The summed E-state index contributed by atoms with van der Waals surface area (Å²) in [6.45, 7) is 13.3. The molecule has 2 aromatic rings. The minimum atomic E-state index is -5.65. The Labute approximate surface area is 449 Å². The van der Waals surface area contributed by atoms with Crippen LogP contribution in [0.2, 0.25) is 0 Å². The fourth-order valence-electron chi connectivity index (χ4n) is 6.98. The Morgan fingerprint density at radius 2 is 1.18 bits per heavy atom. The van der Waals surface area contributed by atoms with Crippen LogP contribution in [0.3, 0.4) is 0 Å². The number of hydrogen-bond acceptors (Lipinski definition) is 21. The Morgan fingerprint density at radius 3 is 1.62 bits per heavy atom. The summed E-state index contributed by atoms with van der Waals surface area (Å²) in [5, 5.41) is 4.34. The number of halogens is 4. The molecule has 23 nitrogen and oxygen atoms in total. The Balaban J connectivity index is 0.829. The zero-order chi connectivity index (χ0) is 55.8. The predicted octanol–water partition coefficient (Wildman–Crippen LogP) is 3.23. The van der Waals surface area contributed by atoms with Gasteiger partial charge >= 0.3 is 16.1 Å². The van der Waals surface area contributed by atoms with Crippen molar-refractivity contribution in [1.29, 1.82) is 0 Å². The van der Waals surface area contributed by atoms with E-state index in [2.05, 4.69) is 19.9 Å². The highest BCUT2D eigenvalue weighted by Gasteiger charge is 2.35. The molecule has 2 amide bonds. The van der Waals surface area contributed by atoms with Crippen molar-refractivity contribution in [2.45, 2.75) is 44.6 Å². The largest absolute Gasteiger partial charge is 0.420 e. The number of esters is 1. The van der Waals surface area contributed by atoms with Crippen LogP contribution in [0.1, 0.15) is 42.9 Å². The molecule has 3 heterocycles. The summed E-state index contributed by atoms with van der Waals surface area (Å²) in [6, 6.07) is 2.00. The zero-order valence-electron chi connectivity index (χ0n) is 43.4. The van der Waals surface area contributed by atoms with Gasteiger partial charge < -0.3 is 63.2 Å². The number of amides is 2. The maximum atomic E-state index is 14.0. The Hall–Kier alpha value is -4.31. The highest BCUT2D eigenvalue weighted by atomic mass is 32.2. The van der Waals surface area contributed by atoms with Crippen molar-refractivity contribution in [3.63, 3.8) is 0 Å². The third-order valence-corrected chi connectivity index (χ3v) is 12.6. The van der Waals surface area contributed by atoms with Gasteiger partial charge in [-0.05, 0) is 25.5 Å². The van der Waals surface area contributed by atoms with Gasteiger partial charge in [-0.15, -0.1) is 11.3 Å². The lowest BCUT2D eigenvalue weighted by atomic mass is 9.99. The van der Waals surface area contributed by atoms with Crippen LogP contribution in [0.15, 0.2) is 21.5 Å². The van der Waals surface area contributed by atoms with Gasteiger partial charge in [0.2, 0.25) is 23.3 Å². The second-order valence-electron chi connectivity index (χ2n) is 16.7. The van der Waals surface area contributed by atoms with E-state index >= 15 is 0 Å². The highest BCUT2D eigenvalue weighted by Crippen LogP contribution is 2.37. The smallest absolute Gasteiger partial charge is 0.313 e. The van der Waals surface area contributed by atoms with Crippen LogP contribution < -0.4 is 15.8 Å². The first-order chi connectivity index (χ1) is 37.1. The fraction of sp³-hybridized carbons (Fsp3) is 0.667. The second kappa shape index (κ2) is 36.8. The molecule has 0 spiro atoms. The lowest BCUT2D eigenvalue weighted by Gasteiger charge is -2.37. The topological polar surface area (TPSA) is 273 Å². The number of carbonyl (C=O) groups excluding carboxylic acids is 3. The summed E-state index contributed by atoms with van der Waals surface area (Å²) in [5.41, 5.74) is 7.47. The van der Waals surface area contributed by atoms with E-state index in [-0.39, 0.29) is 57.2 Å². The number of nitrogens with two attached hydrogens (primary N) is 1. The average molecular weight is 1150 g/mol. The molecule has 4 rings (SSSR count). The van der Waals surface area contributed by atoms with Gasteiger partial charge in [-0.25, -0.2) is 18.8 Å². The second-order valence-corrected chi connectivity index (χ2v) is 19.2. The summed E-state index contributed by atoms with van der Waals surface area (Å²) in [5.74, 6) is -12.6. The third kappa shape index (κ3) is 24.3. The molecular formula is C48H71F4N5O18S2. The van der Waals surface area contributed by atoms with Crippen LogP contribution in [-0.4, -0.2) is 211 Å². The molecule has 0 unspecified atom stereocenters. The van der Waals surface area contributed by atoms with Gasteiger partial charge in [0.25, 0.3) is 5.91 Å². The van der Waals surface area contributed by atoms with E-state index < -0.39 is 56.4 Å². The fourth-order valence-corrected chi connectivity index (χ4v) is 8.72. The van der Waals surface area contributed by atoms with E-state index in [9.17, 15) is 40.4 Å². The summed E-state index contributed by atoms with van der Waals surface area (Å²) < 4.78 is 145. The maximum absolute atomic E-state index is 14.0. The standard InChI is InChI=1S/C48H71F4N5O18S2/c1-3-7-57(74-4-2)48(60)34-28-38-37(55-39(53)29-34)30-36(76-38)33-56-31-35(32-56)47(59)54-6-9-65-11-13-67-15-17-69-19-21-71-23-25-73-27-26-72-24-22-70-20-18-68-16-14-66-12-10-64-8-5-40(58)75-45-41(49)43(51)46(77(61,62)63)44(52)42(45)50/h28,30,35H,3-27,29,31-33H2,1-2H3,(H2,53,55)(H,54,59)(H,61,62,63). The van der Waals surface area contributed by atoms with Crippen molar-refractivity contribution in [3.8, 4) is 5.75 Å². The molecule has 2 aliphatic heterocycles. The normalized spacial score (nSPS) is 14.0. The van der Waals surface area contributed by atoms with E-state index in [4.69, 9.17) is 62.5 Å². The first-order valence-corrected chi connectivity index (χ1v) is 27.3. The molecule has 1 saturated heterocycles. The van der Waals surface area contributed by atoms with Crippen LogP contribution in [0.4, 0.5) is 23.2 Å². The number of nitrogens with zero attached hydrogens (tertiary/aromatic N) is 3. The van der Waals surface area contributed by atoms with Crippen LogP contribution in [0, 0.1) is 29.2 Å². The van der Waals surface area contributed by atoms with Crippen LogP contribution >= 0.6 is 11.3 Å². The quantitative estimate of drug-likeness (QED) is 0.0164. The predicted molar refractivity (Wildman–Crippen MR) is 268 cm³/mol. The lowest BCUT2D eigenvalue weighted by Crippen LogP contribution is -2.53. The number of hydrogen-bond donors (Lipinski definition) is 3. The van der Waals surface area contributed by atoms with Gasteiger partial charge in [0, 0.05) is 49.6 Å². The zero-order valence-corrected chi connectivity index (χ0v) is 45.0. The SMILES string of the molecule is CCCN(OCC)C(=O)C1=Cc2sc(CN3CC(C(=O)NCCOCCOCCOCCOCCOCCOCCOCCOCCOCCOCCC(=O)Oc4c(F)c(F)c(S(=O)(=O)O)c(F)c4F)C3)cc2N=C(N)C1. The van der Waals surface area contributed by atoms with Crippen LogP contribution in [-0.2, 0) is 83.3 Å². The van der Waals surface area contributed by atoms with Gasteiger partial charge in [-0.1, -0.05) is 6.92 Å². The van der Waals surface area contributed by atoms with E-state index in [1.807, 2.05) is 26.0 Å². The van der Waals surface area contributed by atoms with E-state index in [1.165, 1.54) is 5.06 Å². The van der Waals surface area contributed by atoms with Crippen molar-refractivity contribution in [1.82, 2.24) is 15.3 Å². The molecule has 0 saturated carbocycles. The average Bonchev–Trinajstić information content (AvgIpc) is 3.69. The number of thiophene rings is 1. The minimum Gasteiger partial charge on any atom is -0.420 e. The summed E-state index contributed by atoms with van der Waals surface area (Å²) in [7, 11) is -5.65.